The largest absolute Gasteiger partial charge is 0.341 e. The molecule has 2 fully saturated rings. The summed E-state index contributed by atoms with van der Waals surface area (Å²) in [6, 6.07) is 0. The second kappa shape index (κ2) is 4.72. The molecule has 0 radical (unpaired) electrons. The van der Waals surface area contributed by atoms with Crippen molar-refractivity contribution in [1.82, 2.24) is 15.1 Å². The van der Waals surface area contributed by atoms with Gasteiger partial charge in [-0.1, -0.05) is 0 Å². The number of hydrogen-bond donors (Lipinski definition) is 1. The van der Waals surface area contributed by atoms with Crippen LogP contribution in [0.2, 0.25) is 0 Å². The van der Waals surface area contributed by atoms with E-state index in [1.54, 1.807) is 0 Å². The fourth-order valence-electron chi connectivity index (χ4n) is 2.31. The zero-order valence-corrected chi connectivity index (χ0v) is 10.5. The van der Waals surface area contributed by atoms with Gasteiger partial charge in [-0.25, -0.2) is 0 Å². The molecule has 0 aliphatic carbocycles. The van der Waals surface area contributed by atoms with Gasteiger partial charge in [0.15, 0.2) is 0 Å². The summed E-state index contributed by atoms with van der Waals surface area (Å²) in [5.41, 5.74) is 0.274. The number of rotatable bonds is 3. The predicted octanol–water partition coefficient (Wildman–Crippen LogP) is 0.293. The fourth-order valence-corrected chi connectivity index (χ4v) is 2.31. The Labute approximate surface area is 98.0 Å². The third-order valence-corrected chi connectivity index (χ3v) is 4.13. The summed E-state index contributed by atoms with van der Waals surface area (Å²) in [6.07, 6.45) is 3.46. The molecule has 0 atom stereocenters. The maximum Gasteiger partial charge on any atom is 0.236 e. The number of nitrogens with one attached hydrogen (secondary N) is 1. The quantitative estimate of drug-likeness (QED) is 0.750. The molecule has 0 aromatic heterocycles. The summed E-state index contributed by atoms with van der Waals surface area (Å²) in [7, 11) is 2.03. The van der Waals surface area contributed by atoms with E-state index in [4.69, 9.17) is 0 Å². The number of nitrogens with zero attached hydrogens (tertiary/aromatic N) is 2. The van der Waals surface area contributed by atoms with E-state index in [2.05, 4.69) is 17.1 Å². The van der Waals surface area contributed by atoms with Gasteiger partial charge in [0.1, 0.15) is 0 Å². The van der Waals surface area contributed by atoms with Crippen LogP contribution in [0.5, 0.6) is 0 Å². The second-order valence-electron chi connectivity index (χ2n) is 5.32. The average molecular weight is 225 g/mol. The summed E-state index contributed by atoms with van der Waals surface area (Å²) in [4.78, 5) is 16.0. The number of hydrogen-bond acceptors (Lipinski definition) is 3. The Bertz CT molecular complexity index is 255. The van der Waals surface area contributed by atoms with Crippen LogP contribution in [-0.4, -0.2) is 61.0 Å². The molecule has 0 spiro atoms. The summed E-state index contributed by atoms with van der Waals surface area (Å²) in [6.45, 7) is 6.91. The highest BCUT2D eigenvalue weighted by Crippen LogP contribution is 2.21. The van der Waals surface area contributed by atoms with Crippen molar-refractivity contribution in [2.45, 2.75) is 31.7 Å². The molecule has 2 aliphatic heterocycles. The zero-order valence-electron chi connectivity index (χ0n) is 10.5. The topological polar surface area (TPSA) is 35.6 Å². The van der Waals surface area contributed by atoms with Crippen LogP contribution in [0.1, 0.15) is 26.2 Å². The van der Waals surface area contributed by atoms with Crippen molar-refractivity contribution in [3.05, 3.63) is 0 Å². The normalized spacial score (nSPS) is 25.2. The van der Waals surface area contributed by atoms with E-state index in [9.17, 15) is 4.79 Å². The Morgan fingerprint density at radius 1 is 1.25 bits per heavy atom. The SMILES string of the molecule is CNC1(C)CCN(CC(=O)N2CCC2)CC1. The van der Waals surface area contributed by atoms with Crippen LogP contribution < -0.4 is 5.32 Å². The Morgan fingerprint density at radius 3 is 2.31 bits per heavy atom. The lowest BCUT2D eigenvalue weighted by atomic mass is 9.90. The fraction of sp³-hybridized carbons (Fsp3) is 0.917. The number of piperidine rings is 1. The third kappa shape index (κ3) is 2.55. The Balaban J connectivity index is 1.74. The van der Waals surface area contributed by atoms with Gasteiger partial charge in [0.05, 0.1) is 6.54 Å². The molecular formula is C12H23N3O. The predicted molar refractivity (Wildman–Crippen MR) is 64.3 cm³/mol. The minimum Gasteiger partial charge on any atom is -0.341 e. The summed E-state index contributed by atoms with van der Waals surface area (Å²) >= 11 is 0. The maximum atomic E-state index is 11.8. The van der Waals surface area contributed by atoms with Crippen molar-refractivity contribution in [2.24, 2.45) is 0 Å². The van der Waals surface area contributed by atoms with E-state index < -0.39 is 0 Å². The van der Waals surface area contributed by atoms with Crippen LogP contribution in [0.25, 0.3) is 0 Å². The van der Waals surface area contributed by atoms with E-state index in [-0.39, 0.29) is 5.54 Å². The van der Waals surface area contributed by atoms with Gasteiger partial charge in [-0.3, -0.25) is 9.69 Å². The van der Waals surface area contributed by atoms with E-state index in [1.807, 2.05) is 11.9 Å². The first-order valence-corrected chi connectivity index (χ1v) is 6.32. The van der Waals surface area contributed by atoms with E-state index in [0.717, 1.165) is 39.0 Å². The van der Waals surface area contributed by atoms with Crippen molar-refractivity contribution in [2.75, 3.05) is 39.8 Å². The van der Waals surface area contributed by atoms with Crippen LogP contribution >= 0.6 is 0 Å². The first-order valence-electron chi connectivity index (χ1n) is 6.32. The maximum absolute atomic E-state index is 11.8. The Hall–Kier alpha value is -0.610. The van der Waals surface area contributed by atoms with Crippen molar-refractivity contribution >= 4 is 5.91 Å². The van der Waals surface area contributed by atoms with Gasteiger partial charge in [0.25, 0.3) is 0 Å². The molecule has 1 N–H and O–H groups in total. The summed E-state index contributed by atoms with van der Waals surface area (Å²) in [5.74, 6) is 0.319. The van der Waals surface area contributed by atoms with Crippen LogP contribution in [0, 0.1) is 0 Å². The minimum absolute atomic E-state index is 0.274. The Morgan fingerprint density at radius 2 is 1.88 bits per heavy atom. The van der Waals surface area contributed by atoms with Crippen LogP contribution in [0.3, 0.4) is 0 Å². The van der Waals surface area contributed by atoms with Crippen LogP contribution in [-0.2, 0) is 4.79 Å². The molecule has 4 heteroatoms. The van der Waals surface area contributed by atoms with Gasteiger partial charge in [0.2, 0.25) is 5.91 Å². The van der Waals surface area contributed by atoms with E-state index >= 15 is 0 Å². The van der Waals surface area contributed by atoms with Gasteiger partial charge >= 0.3 is 0 Å². The van der Waals surface area contributed by atoms with Gasteiger partial charge in [0, 0.05) is 31.7 Å². The highest BCUT2D eigenvalue weighted by Gasteiger charge is 2.30. The monoisotopic (exact) mass is 225 g/mol. The molecule has 0 saturated carbocycles. The van der Waals surface area contributed by atoms with Crippen LogP contribution in [0.15, 0.2) is 0 Å². The molecule has 16 heavy (non-hydrogen) atoms. The highest BCUT2D eigenvalue weighted by molar-refractivity contribution is 5.78. The molecule has 92 valence electrons. The molecular weight excluding hydrogens is 202 g/mol. The van der Waals surface area contributed by atoms with Crippen molar-refractivity contribution < 1.29 is 4.79 Å². The molecule has 1 amide bonds. The number of amides is 1. The molecule has 2 saturated heterocycles. The zero-order chi connectivity index (χ0) is 11.6. The standard InChI is InChI=1S/C12H23N3O/c1-12(13-2)4-8-14(9-5-12)10-11(16)15-6-3-7-15/h13H,3-10H2,1-2H3. The van der Waals surface area contributed by atoms with Gasteiger partial charge < -0.3 is 10.2 Å². The highest BCUT2D eigenvalue weighted by atomic mass is 16.2. The first kappa shape index (κ1) is 11.9. The number of likely N-dealkylation sites (tertiary alicyclic amines) is 2. The van der Waals surface area contributed by atoms with Gasteiger partial charge in [-0.15, -0.1) is 0 Å². The molecule has 0 aromatic rings. The van der Waals surface area contributed by atoms with Crippen molar-refractivity contribution in [3.8, 4) is 0 Å². The summed E-state index contributed by atoms with van der Waals surface area (Å²) in [5, 5.41) is 3.38. The molecule has 0 aromatic carbocycles. The molecule has 0 unspecified atom stereocenters. The lowest BCUT2D eigenvalue weighted by Crippen LogP contribution is -2.53. The average Bonchev–Trinajstić information content (AvgIpc) is 2.19. The van der Waals surface area contributed by atoms with Gasteiger partial charge in [-0.05, 0) is 33.2 Å². The van der Waals surface area contributed by atoms with Gasteiger partial charge in [-0.2, -0.15) is 0 Å². The minimum atomic E-state index is 0.274. The summed E-state index contributed by atoms with van der Waals surface area (Å²) < 4.78 is 0. The molecule has 0 bridgehead atoms. The van der Waals surface area contributed by atoms with E-state index in [0.29, 0.717) is 12.5 Å². The Kier molecular flexibility index (Phi) is 3.50. The first-order chi connectivity index (χ1) is 7.63. The number of carbonyl (C=O) groups is 1. The molecule has 2 heterocycles. The van der Waals surface area contributed by atoms with E-state index in [1.165, 1.54) is 6.42 Å². The van der Waals surface area contributed by atoms with Crippen molar-refractivity contribution in [1.29, 1.82) is 0 Å². The smallest absolute Gasteiger partial charge is 0.236 e. The van der Waals surface area contributed by atoms with Crippen LogP contribution in [0.4, 0.5) is 0 Å². The lowest BCUT2D eigenvalue weighted by Gasteiger charge is -2.40. The molecule has 4 nitrogen and oxygen atoms in total. The van der Waals surface area contributed by atoms with Crippen molar-refractivity contribution in [3.63, 3.8) is 0 Å². The second-order valence-corrected chi connectivity index (χ2v) is 5.32. The molecule has 2 rings (SSSR count). The molecule has 2 aliphatic rings. The number of carbonyl (C=O) groups excluding carboxylic acids is 1. The third-order valence-electron chi connectivity index (χ3n) is 4.13. The lowest BCUT2D eigenvalue weighted by molar-refractivity contribution is -0.136.